The van der Waals surface area contributed by atoms with Crippen LogP contribution in [0.4, 0.5) is 18.9 Å². The molecule has 1 rings (SSSR count). The topological polar surface area (TPSA) is 66.5 Å². The predicted molar refractivity (Wildman–Crippen MR) is 105 cm³/mol. The number of carbonyl (C=O) groups is 1. The average Bonchev–Trinajstić information content (AvgIpc) is 2.58. The second-order valence-corrected chi connectivity index (χ2v) is 8.97. The molecule has 0 saturated heterocycles. The molecule has 0 aromatic heterocycles. The van der Waals surface area contributed by atoms with Gasteiger partial charge in [-0.3, -0.25) is 9.10 Å². The van der Waals surface area contributed by atoms with Crippen LogP contribution in [-0.4, -0.2) is 33.7 Å². The van der Waals surface area contributed by atoms with Crippen LogP contribution in [-0.2, 0) is 21.0 Å². The molecule has 1 aromatic rings. The molecule has 5 nitrogen and oxygen atoms in total. The second kappa shape index (κ2) is 10.3. The number of carbonyl (C=O) groups excluding carboxylic acids is 1. The summed E-state index contributed by atoms with van der Waals surface area (Å²) in [6.45, 7) is 3.85. The van der Waals surface area contributed by atoms with E-state index in [1.54, 1.807) is 0 Å². The first kappa shape index (κ1) is 24.6. The Kier molecular flexibility index (Phi) is 9.07. The van der Waals surface area contributed by atoms with Crippen LogP contribution in [0.25, 0.3) is 0 Å². The van der Waals surface area contributed by atoms with Gasteiger partial charge in [0.1, 0.15) is 6.54 Å². The molecule has 0 fully saturated rings. The molecule has 28 heavy (non-hydrogen) atoms. The first-order valence-electron chi connectivity index (χ1n) is 9.01. The highest BCUT2D eigenvalue weighted by molar-refractivity contribution is 7.92. The monoisotopic (exact) mass is 442 g/mol. The molecule has 0 aliphatic heterocycles. The van der Waals surface area contributed by atoms with Gasteiger partial charge >= 0.3 is 6.18 Å². The van der Waals surface area contributed by atoms with Gasteiger partial charge in [0.2, 0.25) is 15.9 Å². The largest absolute Gasteiger partial charge is 0.417 e. The van der Waals surface area contributed by atoms with Crippen LogP contribution in [0.3, 0.4) is 0 Å². The van der Waals surface area contributed by atoms with Crippen molar-refractivity contribution in [2.75, 3.05) is 23.7 Å². The van der Waals surface area contributed by atoms with Gasteiger partial charge in [0.05, 0.1) is 22.5 Å². The number of anilines is 1. The minimum Gasteiger partial charge on any atom is -0.354 e. The summed E-state index contributed by atoms with van der Waals surface area (Å²) in [6.07, 6.45) is -0.0545. The van der Waals surface area contributed by atoms with Gasteiger partial charge in [-0.25, -0.2) is 8.42 Å². The van der Waals surface area contributed by atoms with Crippen molar-refractivity contribution in [2.45, 2.75) is 45.7 Å². The first-order valence-corrected chi connectivity index (χ1v) is 11.2. The molecule has 0 aliphatic carbocycles. The molecule has 0 radical (unpaired) electrons. The summed E-state index contributed by atoms with van der Waals surface area (Å²) in [4.78, 5) is 12.3. The fourth-order valence-electron chi connectivity index (χ4n) is 2.67. The number of rotatable bonds is 10. The average molecular weight is 443 g/mol. The zero-order valence-corrected chi connectivity index (χ0v) is 17.7. The second-order valence-electron chi connectivity index (χ2n) is 6.65. The highest BCUT2D eigenvalue weighted by Gasteiger charge is 2.34. The van der Waals surface area contributed by atoms with Crippen LogP contribution in [0.2, 0.25) is 5.02 Å². The Morgan fingerprint density at radius 3 is 2.43 bits per heavy atom. The Bertz CT molecular complexity index is 770. The third-order valence-electron chi connectivity index (χ3n) is 4.36. The maximum Gasteiger partial charge on any atom is 0.417 e. The summed E-state index contributed by atoms with van der Waals surface area (Å²) >= 11 is 5.58. The number of unbranched alkanes of at least 4 members (excludes halogenated alkanes) is 1. The van der Waals surface area contributed by atoms with E-state index in [1.807, 2.05) is 6.92 Å². The molecule has 0 bridgehead atoms. The van der Waals surface area contributed by atoms with E-state index in [0.29, 0.717) is 16.9 Å². The number of amides is 1. The summed E-state index contributed by atoms with van der Waals surface area (Å²) in [5.74, 6) is -0.313. The molecule has 0 spiro atoms. The van der Waals surface area contributed by atoms with E-state index >= 15 is 0 Å². The molecule has 0 aliphatic rings. The van der Waals surface area contributed by atoms with Crippen LogP contribution < -0.4 is 9.62 Å². The van der Waals surface area contributed by atoms with Gasteiger partial charge in [-0.1, -0.05) is 44.7 Å². The summed E-state index contributed by atoms with van der Waals surface area (Å²) < 4.78 is 64.0. The maximum atomic E-state index is 13.1. The molecule has 1 amide bonds. The van der Waals surface area contributed by atoms with Gasteiger partial charge in [0.15, 0.2) is 0 Å². The van der Waals surface area contributed by atoms with E-state index in [-0.39, 0.29) is 11.6 Å². The Morgan fingerprint density at radius 1 is 1.29 bits per heavy atom. The lowest BCUT2D eigenvalue weighted by molar-refractivity contribution is -0.137. The van der Waals surface area contributed by atoms with Crippen LogP contribution in [0.5, 0.6) is 0 Å². The van der Waals surface area contributed by atoms with Crippen molar-refractivity contribution in [2.24, 2.45) is 5.92 Å². The van der Waals surface area contributed by atoms with Gasteiger partial charge < -0.3 is 5.32 Å². The van der Waals surface area contributed by atoms with Crippen LogP contribution in [0.15, 0.2) is 18.2 Å². The summed E-state index contributed by atoms with van der Waals surface area (Å²) in [6, 6.07) is 2.74. The zero-order valence-electron chi connectivity index (χ0n) is 16.1. The van der Waals surface area contributed by atoms with Crippen molar-refractivity contribution in [3.63, 3.8) is 0 Å². The molecule has 1 atom stereocenters. The molecule has 0 saturated carbocycles. The number of alkyl halides is 3. The van der Waals surface area contributed by atoms with Crippen molar-refractivity contribution in [3.05, 3.63) is 28.8 Å². The predicted octanol–water partition coefficient (Wildman–Crippen LogP) is 4.46. The highest BCUT2D eigenvalue weighted by Crippen LogP contribution is 2.37. The van der Waals surface area contributed by atoms with Gasteiger partial charge in [-0.2, -0.15) is 13.2 Å². The van der Waals surface area contributed by atoms with Crippen molar-refractivity contribution in [3.8, 4) is 0 Å². The molecule has 160 valence electrons. The van der Waals surface area contributed by atoms with E-state index in [4.69, 9.17) is 11.6 Å². The Hall–Kier alpha value is -1.48. The number of sulfonamides is 1. The SMILES string of the molecule is CCCCC(CC)CNC(=O)CN(c1ccc(Cl)c(C(F)(F)F)c1)S(C)(=O)=O. The Balaban J connectivity index is 2.98. The first-order chi connectivity index (χ1) is 12.9. The quantitative estimate of drug-likeness (QED) is 0.581. The number of benzene rings is 1. The lowest BCUT2D eigenvalue weighted by Gasteiger charge is -2.24. The number of nitrogens with zero attached hydrogens (tertiary/aromatic N) is 1. The van der Waals surface area contributed by atoms with Crippen LogP contribution >= 0.6 is 11.6 Å². The van der Waals surface area contributed by atoms with Crippen molar-refractivity contribution < 1.29 is 26.4 Å². The molecule has 0 heterocycles. The molecule has 1 N–H and O–H groups in total. The minimum atomic E-state index is -4.74. The van der Waals surface area contributed by atoms with Crippen LogP contribution in [0, 0.1) is 5.92 Å². The number of hydrogen-bond acceptors (Lipinski definition) is 3. The van der Waals surface area contributed by atoms with E-state index < -0.39 is 39.2 Å². The molecule has 1 aromatic carbocycles. The van der Waals surface area contributed by atoms with Crippen molar-refractivity contribution in [1.82, 2.24) is 5.32 Å². The minimum absolute atomic E-state index is 0.267. The van der Waals surface area contributed by atoms with Gasteiger partial charge in [0.25, 0.3) is 0 Å². The Morgan fingerprint density at radius 2 is 1.93 bits per heavy atom. The standard InChI is InChI=1S/C18H26ClF3N2O3S/c1-4-6-7-13(5-2)11-23-17(25)12-24(28(3,26)27)14-8-9-16(19)15(10-14)18(20,21)22/h8-10,13H,4-7,11-12H2,1-3H3,(H,23,25). The molecule has 1 unspecified atom stereocenters. The lowest BCUT2D eigenvalue weighted by atomic mass is 9.99. The smallest absolute Gasteiger partial charge is 0.354 e. The van der Waals surface area contributed by atoms with Gasteiger partial charge in [0, 0.05) is 6.54 Å². The molecular formula is C18H26ClF3N2O3S. The summed E-state index contributed by atoms with van der Waals surface area (Å²) in [7, 11) is -3.98. The zero-order chi connectivity index (χ0) is 21.5. The molecule has 10 heteroatoms. The van der Waals surface area contributed by atoms with E-state index in [2.05, 4.69) is 12.2 Å². The van der Waals surface area contributed by atoms with E-state index in [1.165, 1.54) is 0 Å². The summed E-state index contributed by atoms with van der Waals surface area (Å²) in [5, 5.41) is 2.13. The van der Waals surface area contributed by atoms with E-state index in [0.717, 1.165) is 44.1 Å². The maximum absolute atomic E-state index is 13.1. The number of hydrogen-bond donors (Lipinski definition) is 1. The highest BCUT2D eigenvalue weighted by atomic mass is 35.5. The lowest BCUT2D eigenvalue weighted by Crippen LogP contribution is -2.41. The number of nitrogens with one attached hydrogen (secondary N) is 1. The van der Waals surface area contributed by atoms with Crippen LogP contribution in [0.1, 0.15) is 45.1 Å². The number of halogens is 4. The third kappa shape index (κ3) is 7.50. The fraction of sp³-hybridized carbons (Fsp3) is 0.611. The Labute approximate surface area is 169 Å². The summed E-state index contributed by atoms with van der Waals surface area (Å²) in [5.41, 5.74) is -1.43. The fourth-order valence-corrected chi connectivity index (χ4v) is 3.75. The van der Waals surface area contributed by atoms with Crippen molar-refractivity contribution in [1.29, 1.82) is 0 Å². The van der Waals surface area contributed by atoms with E-state index in [9.17, 15) is 26.4 Å². The van der Waals surface area contributed by atoms with Crippen molar-refractivity contribution >= 4 is 33.2 Å². The normalized spacial score (nSPS) is 13.2. The molecular weight excluding hydrogens is 417 g/mol. The third-order valence-corrected chi connectivity index (χ3v) is 5.83. The van der Waals surface area contributed by atoms with Gasteiger partial charge in [-0.15, -0.1) is 0 Å². The van der Waals surface area contributed by atoms with Gasteiger partial charge in [-0.05, 0) is 30.5 Å².